The van der Waals surface area contributed by atoms with E-state index < -0.39 is 17.7 Å². The molecule has 0 bridgehead atoms. The minimum absolute atomic E-state index is 0.0218. The van der Waals surface area contributed by atoms with Gasteiger partial charge in [-0.2, -0.15) is 0 Å². The summed E-state index contributed by atoms with van der Waals surface area (Å²) in [6.07, 6.45) is 0.0511. The molecule has 30 heavy (non-hydrogen) atoms. The molecule has 1 aromatic heterocycles. The Balaban J connectivity index is 1.97. The van der Waals surface area contributed by atoms with Crippen molar-refractivity contribution in [2.45, 2.75) is 45.9 Å². The summed E-state index contributed by atoms with van der Waals surface area (Å²) < 4.78 is 11.2. The van der Waals surface area contributed by atoms with Gasteiger partial charge in [0.2, 0.25) is 0 Å². The van der Waals surface area contributed by atoms with E-state index in [-0.39, 0.29) is 30.1 Å². The third-order valence-corrected chi connectivity index (χ3v) is 5.56. The van der Waals surface area contributed by atoms with Gasteiger partial charge in [0, 0.05) is 17.0 Å². The zero-order chi connectivity index (χ0) is 21.8. The van der Waals surface area contributed by atoms with E-state index in [2.05, 4.69) is 0 Å². The summed E-state index contributed by atoms with van der Waals surface area (Å²) in [6.45, 7) is 8.27. The van der Waals surface area contributed by atoms with Crippen LogP contribution in [0.2, 0.25) is 0 Å². The lowest BCUT2D eigenvalue weighted by Crippen LogP contribution is -2.33. The molecule has 1 amide bonds. The van der Waals surface area contributed by atoms with Gasteiger partial charge in [0.15, 0.2) is 0 Å². The standard InChI is InChI=1S/C23H27NO5S/c1-14(2)28-12-11-24-20(18-6-5-13-30-18)19(22(26)23(24)27)21(25)16-7-9-17(10-8-16)29-15(3)4/h5-10,13-15,20,25H,11-12H2,1-4H3/b21-19-. The van der Waals surface area contributed by atoms with Crippen molar-refractivity contribution < 1.29 is 24.2 Å². The molecule has 1 aliphatic heterocycles. The van der Waals surface area contributed by atoms with E-state index >= 15 is 0 Å². The van der Waals surface area contributed by atoms with E-state index in [9.17, 15) is 14.7 Å². The van der Waals surface area contributed by atoms with Crippen LogP contribution in [0, 0.1) is 0 Å². The van der Waals surface area contributed by atoms with Crippen molar-refractivity contribution >= 4 is 28.8 Å². The number of ketones is 1. The molecule has 0 aliphatic carbocycles. The first-order chi connectivity index (χ1) is 14.3. The molecule has 3 rings (SSSR count). The van der Waals surface area contributed by atoms with Gasteiger partial charge >= 0.3 is 0 Å². The summed E-state index contributed by atoms with van der Waals surface area (Å²) >= 11 is 1.44. The molecular formula is C23H27NO5S. The van der Waals surface area contributed by atoms with Crippen molar-refractivity contribution in [3.05, 3.63) is 57.8 Å². The van der Waals surface area contributed by atoms with Crippen LogP contribution in [0.5, 0.6) is 5.75 Å². The number of likely N-dealkylation sites (tertiary alicyclic amines) is 1. The minimum Gasteiger partial charge on any atom is -0.507 e. The average molecular weight is 430 g/mol. The molecule has 1 saturated heterocycles. The molecule has 1 aliphatic rings. The molecule has 1 atom stereocenters. The third-order valence-electron chi connectivity index (χ3n) is 4.64. The summed E-state index contributed by atoms with van der Waals surface area (Å²) in [6, 6.07) is 9.95. The summed E-state index contributed by atoms with van der Waals surface area (Å²) in [5.41, 5.74) is 0.564. The lowest BCUT2D eigenvalue weighted by Gasteiger charge is -2.24. The molecule has 160 valence electrons. The smallest absolute Gasteiger partial charge is 0.295 e. The van der Waals surface area contributed by atoms with Gasteiger partial charge in [-0.3, -0.25) is 9.59 Å². The van der Waals surface area contributed by atoms with Gasteiger partial charge in [-0.1, -0.05) is 6.07 Å². The number of ether oxygens (including phenoxy) is 2. The number of hydrogen-bond acceptors (Lipinski definition) is 6. The minimum atomic E-state index is -0.682. The first-order valence-electron chi connectivity index (χ1n) is 10.00. The molecule has 1 fully saturated rings. The molecule has 2 aromatic rings. The number of amides is 1. The molecule has 1 aromatic carbocycles. The van der Waals surface area contributed by atoms with Crippen molar-refractivity contribution in [1.29, 1.82) is 0 Å². The average Bonchev–Trinajstić information content (AvgIpc) is 3.30. The summed E-state index contributed by atoms with van der Waals surface area (Å²) in [5.74, 6) is -0.821. The predicted molar refractivity (Wildman–Crippen MR) is 117 cm³/mol. The van der Waals surface area contributed by atoms with Crippen LogP contribution in [-0.4, -0.2) is 47.1 Å². The van der Waals surface area contributed by atoms with Gasteiger partial charge in [-0.05, 0) is 63.4 Å². The highest BCUT2D eigenvalue weighted by atomic mass is 32.1. The maximum atomic E-state index is 12.9. The number of rotatable bonds is 8. The van der Waals surface area contributed by atoms with E-state index in [1.807, 2.05) is 45.2 Å². The first-order valence-corrected chi connectivity index (χ1v) is 10.9. The predicted octanol–water partition coefficient (Wildman–Crippen LogP) is 4.38. The van der Waals surface area contributed by atoms with E-state index in [1.54, 1.807) is 24.3 Å². The first kappa shape index (κ1) is 22.1. The highest BCUT2D eigenvalue weighted by Gasteiger charge is 2.46. The number of aliphatic hydroxyl groups is 1. The number of thiophene rings is 1. The number of Topliss-reactive ketones (excluding diaryl/α,β-unsaturated/α-hetero) is 1. The maximum Gasteiger partial charge on any atom is 0.295 e. The Hall–Kier alpha value is -2.64. The molecule has 6 nitrogen and oxygen atoms in total. The van der Waals surface area contributed by atoms with Crippen LogP contribution >= 0.6 is 11.3 Å². The lowest BCUT2D eigenvalue weighted by molar-refractivity contribution is -0.140. The van der Waals surface area contributed by atoms with Crippen LogP contribution in [0.4, 0.5) is 0 Å². The van der Waals surface area contributed by atoms with Crippen LogP contribution in [-0.2, 0) is 14.3 Å². The number of carbonyl (C=O) groups is 2. The van der Waals surface area contributed by atoms with E-state index in [1.165, 1.54) is 16.2 Å². The molecule has 1 N–H and O–H groups in total. The number of aliphatic hydroxyl groups excluding tert-OH is 1. The van der Waals surface area contributed by atoms with Crippen LogP contribution in [0.1, 0.15) is 44.2 Å². The Morgan fingerprint density at radius 2 is 1.80 bits per heavy atom. The molecular weight excluding hydrogens is 402 g/mol. The van der Waals surface area contributed by atoms with E-state index in [4.69, 9.17) is 9.47 Å². The number of nitrogens with zero attached hydrogens (tertiary/aromatic N) is 1. The fraction of sp³-hybridized carbons (Fsp3) is 0.391. The van der Waals surface area contributed by atoms with Gasteiger partial charge in [0.05, 0.1) is 30.4 Å². The monoisotopic (exact) mass is 429 g/mol. The molecule has 0 radical (unpaired) electrons. The zero-order valence-electron chi connectivity index (χ0n) is 17.6. The highest BCUT2D eigenvalue weighted by Crippen LogP contribution is 2.41. The van der Waals surface area contributed by atoms with Gasteiger partial charge in [0.1, 0.15) is 11.5 Å². The van der Waals surface area contributed by atoms with Gasteiger partial charge in [-0.15, -0.1) is 11.3 Å². The normalized spacial score (nSPS) is 18.6. The molecule has 7 heteroatoms. The van der Waals surface area contributed by atoms with Crippen molar-refractivity contribution in [1.82, 2.24) is 4.90 Å². The van der Waals surface area contributed by atoms with E-state index in [0.29, 0.717) is 17.9 Å². The third kappa shape index (κ3) is 4.74. The lowest BCUT2D eigenvalue weighted by atomic mass is 10.00. The van der Waals surface area contributed by atoms with Crippen molar-refractivity contribution in [2.75, 3.05) is 13.2 Å². The fourth-order valence-electron chi connectivity index (χ4n) is 3.36. The second-order valence-corrected chi connectivity index (χ2v) is 8.60. The summed E-state index contributed by atoms with van der Waals surface area (Å²) in [5, 5.41) is 12.9. The molecule has 2 heterocycles. The second-order valence-electron chi connectivity index (χ2n) is 7.62. The Labute approximate surface area is 180 Å². The second kappa shape index (κ2) is 9.45. The Kier molecular flexibility index (Phi) is 6.95. The summed E-state index contributed by atoms with van der Waals surface area (Å²) in [7, 11) is 0. The van der Waals surface area contributed by atoms with Crippen molar-refractivity contribution in [2.24, 2.45) is 0 Å². The fourth-order valence-corrected chi connectivity index (χ4v) is 4.20. The largest absolute Gasteiger partial charge is 0.507 e. The Morgan fingerprint density at radius 3 is 2.37 bits per heavy atom. The molecule has 0 spiro atoms. The van der Waals surface area contributed by atoms with Gasteiger partial charge < -0.3 is 19.5 Å². The molecule has 0 saturated carbocycles. The summed E-state index contributed by atoms with van der Waals surface area (Å²) in [4.78, 5) is 27.9. The number of hydrogen-bond donors (Lipinski definition) is 1. The van der Waals surface area contributed by atoms with Crippen LogP contribution in [0.15, 0.2) is 47.4 Å². The van der Waals surface area contributed by atoms with Gasteiger partial charge in [-0.25, -0.2) is 0 Å². The van der Waals surface area contributed by atoms with Crippen LogP contribution < -0.4 is 4.74 Å². The maximum absolute atomic E-state index is 12.9. The highest BCUT2D eigenvalue weighted by molar-refractivity contribution is 7.10. The quantitative estimate of drug-likeness (QED) is 0.383. The zero-order valence-corrected chi connectivity index (χ0v) is 18.4. The van der Waals surface area contributed by atoms with Crippen LogP contribution in [0.3, 0.4) is 0 Å². The number of carbonyl (C=O) groups excluding carboxylic acids is 2. The van der Waals surface area contributed by atoms with Crippen LogP contribution in [0.25, 0.3) is 5.76 Å². The van der Waals surface area contributed by atoms with Crippen molar-refractivity contribution in [3.8, 4) is 5.75 Å². The SMILES string of the molecule is CC(C)OCCN1C(=O)C(=O)/C(=C(\O)c2ccc(OC(C)C)cc2)C1c1cccs1. The van der Waals surface area contributed by atoms with Gasteiger partial charge in [0.25, 0.3) is 11.7 Å². The topological polar surface area (TPSA) is 76.1 Å². The van der Waals surface area contributed by atoms with Crippen molar-refractivity contribution in [3.63, 3.8) is 0 Å². The van der Waals surface area contributed by atoms with E-state index in [0.717, 1.165) is 4.88 Å². The molecule has 1 unspecified atom stereocenters. The number of benzene rings is 1. The Morgan fingerprint density at radius 1 is 1.10 bits per heavy atom. The Bertz CT molecular complexity index is 916.